The maximum absolute atomic E-state index is 12.6. The molecule has 3 heteroatoms. The van der Waals surface area contributed by atoms with Crippen LogP contribution in [-0.2, 0) is 4.79 Å². The number of nitrogens with one attached hydrogen (secondary N) is 1. The zero-order valence-corrected chi connectivity index (χ0v) is 11.2. The molecule has 1 amide bonds. The van der Waals surface area contributed by atoms with Crippen molar-refractivity contribution >= 4 is 5.91 Å². The van der Waals surface area contributed by atoms with E-state index in [1.807, 2.05) is 23.1 Å². The third-order valence-corrected chi connectivity index (χ3v) is 3.52. The Bertz CT molecular complexity index is 383. The Morgan fingerprint density at radius 2 is 1.78 bits per heavy atom. The van der Waals surface area contributed by atoms with E-state index in [4.69, 9.17) is 0 Å². The standard InChI is InChI=1S/C15H22N2O/c1-12(2)14(13-6-4-3-5-7-13)15(18)17-10-8-16-9-11-17/h3-7,12,14,16H,8-11H2,1-2H3. The monoisotopic (exact) mass is 246 g/mol. The Labute approximate surface area is 109 Å². The number of hydrogen-bond acceptors (Lipinski definition) is 2. The molecule has 1 unspecified atom stereocenters. The molecule has 0 aliphatic carbocycles. The molecule has 0 saturated carbocycles. The Kier molecular flexibility index (Phi) is 4.37. The highest BCUT2D eigenvalue weighted by Crippen LogP contribution is 2.26. The average Bonchev–Trinajstić information content (AvgIpc) is 2.40. The van der Waals surface area contributed by atoms with Crippen molar-refractivity contribution in [3.05, 3.63) is 35.9 Å². The second-order valence-corrected chi connectivity index (χ2v) is 5.21. The summed E-state index contributed by atoms with van der Waals surface area (Å²) in [6.07, 6.45) is 0. The minimum Gasteiger partial charge on any atom is -0.340 e. The lowest BCUT2D eigenvalue weighted by molar-refractivity contribution is -0.134. The van der Waals surface area contributed by atoms with E-state index in [-0.39, 0.29) is 11.8 Å². The van der Waals surface area contributed by atoms with Gasteiger partial charge in [0.15, 0.2) is 0 Å². The summed E-state index contributed by atoms with van der Waals surface area (Å²) in [4.78, 5) is 14.6. The number of hydrogen-bond donors (Lipinski definition) is 1. The average molecular weight is 246 g/mol. The molecule has 2 rings (SSSR count). The lowest BCUT2D eigenvalue weighted by Gasteiger charge is -2.32. The van der Waals surface area contributed by atoms with Crippen LogP contribution < -0.4 is 5.32 Å². The van der Waals surface area contributed by atoms with E-state index in [0.29, 0.717) is 5.92 Å². The number of amides is 1. The number of piperazine rings is 1. The number of rotatable bonds is 3. The zero-order valence-electron chi connectivity index (χ0n) is 11.2. The van der Waals surface area contributed by atoms with Gasteiger partial charge in [-0.3, -0.25) is 4.79 Å². The maximum atomic E-state index is 12.6. The van der Waals surface area contributed by atoms with E-state index >= 15 is 0 Å². The third-order valence-electron chi connectivity index (χ3n) is 3.52. The van der Waals surface area contributed by atoms with E-state index in [9.17, 15) is 4.79 Å². The van der Waals surface area contributed by atoms with Crippen LogP contribution in [-0.4, -0.2) is 37.0 Å². The van der Waals surface area contributed by atoms with Crippen molar-refractivity contribution in [2.45, 2.75) is 19.8 Å². The highest BCUT2D eigenvalue weighted by Gasteiger charge is 2.28. The van der Waals surface area contributed by atoms with Crippen LogP contribution in [0.4, 0.5) is 0 Å². The molecule has 3 nitrogen and oxygen atoms in total. The maximum Gasteiger partial charge on any atom is 0.230 e. The summed E-state index contributed by atoms with van der Waals surface area (Å²) in [5.41, 5.74) is 1.14. The van der Waals surface area contributed by atoms with Gasteiger partial charge in [0.2, 0.25) is 5.91 Å². The van der Waals surface area contributed by atoms with Gasteiger partial charge < -0.3 is 10.2 Å². The molecule has 18 heavy (non-hydrogen) atoms. The first-order chi connectivity index (χ1) is 8.70. The van der Waals surface area contributed by atoms with Gasteiger partial charge in [0.05, 0.1) is 5.92 Å². The Morgan fingerprint density at radius 1 is 1.17 bits per heavy atom. The van der Waals surface area contributed by atoms with E-state index in [0.717, 1.165) is 31.7 Å². The second-order valence-electron chi connectivity index (χ2n) is 5.21. The summed E-state index contributed by atoms with van der Waals surface area (Å²) >= 11 is 0. The second kappa shape index (κ2) is 6.01. The highest BCUT2D eigenvalue weighted by molar-refractivity contribution is 5.84. The molecule has 0 spiro atoms. The van der Waals surface area contributed by atoms with Gasteiger partial charge in [-0.1, -0.05) is 44.2 Å². The van der Waals surface area contributed by atoms with Crippen molar-refractivity contribution in [3.8, 4) is 0 Å². The summed E-state index contributed by atoms with van der Waals surface area (Å²) in [6.45, 7) is 7.72. The molecular weight excluding hydrogens is 224 g/mol. The Morgan fingerprint density at radius 3 is 2.33 bits per heavy atom. The van der Waals surface area contributed by atoms with Crippen molar-refractivity contribution in [1.29, 1.82) is 0 Å². The van der Waals surface area contributed by atoms with Gasteiger partial charge >= 0.3 is 0 Å². The molecule has 0 aromatic heterocycles. The smallest absolute Gasteiger partial charge is 0.230 e. The zero-order chi connectivity index (χ0) is 13.0. The van der Waals surface area contributed by atoms with E-state index in [1.165, 1.54) is 0 Å². The summed E-state index contributed by atoms with van der Waals surface area (Å²) in [7, 11) is 0. The topological polar surface area (TPSA) is 32.3 Å². The largest absolute Gasteiger partial charge is 0.340 e. The predicted octanol–water partition coefficient (Wildman–Crippen LogP) is 1.86. The number of benzene rings is 1. The molecule has 98 valence electrons. The van der Waals surface area contributed by atoms with Crippen LogP contribution in [0.25, 0.3) is 0 Å². The molecule has 1 aromatic rings. The quantitative estimate of drug-likeness (QED) is 0.883. The number of carbonyl (C=O) groups is 1. The Hall–Kier alpha value is -1.35. The molecular formula is C15H22N2O. The summed E-state index contributed by atoms with van der Waals surface area (Å²) in [6, 6.07) is 10.1. The normalized spacial score (nSPS) is 17.8. The first-order valence-corrected chi connectivity index (χ1v) is 6.74. The Balaban J connectivity index is 2.17. The predicted molar refractivity (Wildman–Crippen MR) is 73.5 cm³/mol. The highest BCUT2D eigenvalue weighted by atomic mass is 16.2. The van der Waals surface area contributed by atoms with Gasteiger partial charge in [-0.15, -0.1) is 0 Å². The minimum atomic E-state index is -0.00991. The van der Waals surface area contributed by atoms with Gasteiger partial charge in [-0.25, -0.2) is 0 Å². The third kappa shape index (κ3) is 2.91. The van der Waals surface area contributed by atoms with Crippen LogP contribution in [0.3, 0.4) is 0 Å². The van der Waals surface area contributed by atoms with Gasteiger partial charge in [-0.2, -0.15) is 0 Å². The van der Waals surface area contributed by atoms with Crippen LogP contribution in [0, 0.1) is 5.92 Å². The van der Waals surface area contributed by atoms with Gasteiger partial charge in [0, 0.05) is 26.2 Å². The summed E-state index contributed by atoms with van der Waals surface area (Å²) < 4.78 is 0. The first kappa shape index (κ1) is 13.1. The van der Waals surface area contributed by atoms with Crippen LogP contribution in [0.5, 0.6) is 0 Å². The van der Waals surface area contributed by atoms with Gasteiger partial charge in [0.25, 0.3) is 0 Å². The minimum absolute atomic E-state index is 0.00991. The van der Waals surface area contributed by atoms with E-state index in [1.54, 1.807) is 0 Å². The van der Waals surface area contributed by atoms with Crippen molar-refractivity contribution in [3.63, 3.8) is 0 Å². The van der Waals surface area contributed by atoms with E-state index in [2.05, 4.69) is 31.3 Å². The van der Waals surface area contributed by atoms with Gasteiger partial charge in [-0.05, 0) is 11.5 Å². The molecule has 1 N–H and O–H groups in total. The van der Waals surface area contributed by atoms with Crippen LogP contribution in [0.1, 0.15) is 25.3 Å². The number of carbonyl (C=O) groups excluding carboxylic acids is 1. The van der Waals surface area contributed by atoms with Crippen molar-refractivity contribution in [1.82, 2.24) is 10.2 Å². The molecule has 1 atom stereocenters. The number of nitrogens with zero attached hydrogens (tertiary/aromatic N) is 1. The molecule has 1 saturated heterocycles. The van der Waals surface area contributed by atoms with Crippen LogP contribution >= 0.6 is 0 Å². The fourth-order valence-electron chi connectivity index (χ4n) is 2.55. The fourth-order valence-corrected chi connectivity index (χ4v) is 2.55. The SMILES string of the molecule is CC(C)C(C(=O)N1CCNCC1)c1ccccc1. The van der Waals surface area contributed by atoms with Crippen molar-refractivity contribution in [2.75, 3.05) is 26.2 Å². The molecule has 1 aliphatic heterocycles. The molecule has 1 heterocycles. The van der Waals surface area contributed by atoms with Gasteiger partial charge in [0.1, 0.15) is 0 Å². The first-order valence-electron chi connectivity index (χ1n) is 6.74. The molecule has 1 aromatic carbocycles. The molecule has 1 fully saturated rings. The molecule has 0 bridgehead atoms. The van der Waals surface area contributed by atoms with Crippen molar-refractivity contribution < 1.29 is 4.79 Å². The molecule has 1 aliphatic rings. The fraction of sp³-hybridized carbons (Fsp3) is 0.533. The van der Waals surface area contributed by atoms with Crippen molar-refractivity contribution in [2.24, 2.45) is 5.92 Å². The molecule has 0 radical (unpaired) electrons. The lowest BCUT2D eigenvalue weighted by Crippen LogP contribution is -2.48. The summed E-state index contributed by atoms with van der Waals surface area (Å²) in [5.74, 6) is 0.594. The van der Waals surface area contributed by atoms with Crippen LogP contribution in [0.15, 0.2) is 30.3 Å². The summed E-state index contributed by atoms with van der Waals surface area (Å²) in [5, 5.41) is 3.28. The van der Waals surface area contributed by atoms with Crippen LogP contribution in [0.2, 0.25) is 0 Å². The lowest BCUT2D eigenvalue weighted by atomic mass is 9.87. The van der Waals surface area contributed by atoms with E-state index < -0.39 is 0 Å².